The smallest absolute Gasteiger partial charge is 0.146 e. The van der Waals surface area contributed by atoms with Crippen molar-refractivity contribution in [3.63, 3.8) is 0 Å². The number of hydrogen-bond donors (Lipinski definition) is 2. The first kappa shape index (κ1) is 19.9. The molecule has 0 spiro atoms. The summed E-state index contributed by atoms with van der Waals surface area (Å²) >= 11 is 14.2. The number of hydrogen-bond acceptors (Lipinski definition) is 6. The molecular weight excluding hydrogens is 346 g/mol. The molecule has 0 radical (unpaired) electrons. The van der Waals surface area contributed by atoms with Crippen LogP contribution in [0.3, 0.4) is 0 Å². The van der Waals surface area contributed by atoms with Crippen molar-refractivity contribution in [1.82, 2.24) is 9.80 Å². The third-order valence-electron chi connectivity index (χ3n) is 1.85. The predicted molar refractivity (Wildman–Crippen MR) is 106 cm³/mol. The first-order valence-corrected chi connectivity index (χ1v) is 8.97. The van der Waals surface area contributed by atoms with E-state index in [1.54, 1.807) is 0 Å². The minimum Gasteiger partial charge on any atom is -0.398 e. The Balaban J connectivity index is 0.000000388. The third kappa shape index (κ3) is 8.91. The third-order valence-corrected chi connectivity index (χ3v) is 6.42. The lowest BCUT2D eigenvalue weighted by atomic mass is 10.3. The van der Waals surface area contributed by atoms with Gasteiger partial charge in [-0.15, -0.1) is 12.6 Å². The maximum Gasteiger partial charge on any atom is 0.146 e. The number of thiol groups is 1. The highest BCUT2D eigenvalue weighted by Crippen LogP contribution is 2.26. The molecule has 0 aliphatic rings. The molecule has 112 valence electrons. The Kier molecular flexibility index (Phi) is 10.5. The number of anilines is 1. The van der Waals surface area contributed by atoms with Gasteiger partial charge < -0.3 is 15.5 Å². The molecule has 1 aromatic rings. The fourth-order valence-electron chi connectivity index (χ4n) is 0.708. The topological polar surface area (TPSA) is 32.5 Å². The van der Waals surface area contributed by atoms with Crippen LogP contribution < -0.4 is 5.73 Å². The van der Waals surface area contributed by atoms with Crippen LogP contribution in [0.15, 0.2) is 29.2 Å². The van der Waals surface area contributed by atoms with Crippen molar-refractivity contribution in [2.75, 3.05) is 33.9 Å². The molecule has 0 atom stereocenters. The molecule has 2 N–H and O–H groups in total. The first-order valence-electron chi connectivity index (χ1n) is 5.56. The predicted octanol–water partition coefficient (Wildman–Crippen LogP) is 3.62. The van der Waals surface area contributed by atoms with E-state index < -0.39 is 0 Å². The molecule has 1 rings (SSSR count). The van der Waals surface area contributed by atoms with Gasteiger partial charge >= 0.3 is 0 Å². The second-order valence-electron chi connectivity index (χ2n) is 4.05. The van der Waals surface area contributed by atoms with Crippen LogP contribution in [-0.2, 0) is 0 Å². The summed E-state index contributed by atoms with van der Waals surface area (Å²) < 4.78 is 1.67. The van der Waals surface area contributed by atoms with Crippen LogP contribution in [0.1, 0.15) is 0 Å². The highest BCUT2D eigenvalue weighted by Gasteiger charge is 2.04. The number of benzene rings is 1. The van der Waals surface area contributed by atoms with Crippen molar-refractivity contribution in [2.24, 2.45) is 0 Å². The van der Waals surface area contributed by atoms with Crippen LogP contribution in [0.5, 0.6) is 0 Å². The van der Waals surface area contributed by atoms with Gasteiger partial charge in [0, 0.05) is 38.8 Å². The maximum absolute atomic E-state index is 5.44. The summed E-state index contributed by atoms with van der Waals surface area (Å²) in [6.07, 6.45) is 0. The van der Waals surface area contributed by atoms with Gasteiger partial charge in [0.1, 0.15) is 8.64 Å². The van der Waals surface area contributed by atoms with E-state index in [-0.39, 0.29) is 0 Å². The maximum atomic E-state index is 5.44. The molecule has 0 aliphatic carbocycles. The monoisotopic (exact) mass is 365 g/mol. The van der Waals surface area contributed by atoms with E-state index in [1.807, 2.05) is 62.3 Å². The van der Waals surface area contributed by atoms with E-state index in [0.717, 1.165) is 19.2 Å². The molecule has 0 heterocycles. The van der Waals surface area contributed by atoms with E-state index in [1.165, 1.54) is 21.6 Å². The number of para-hydroxylation sites is 1. The molecule has 0 unspecified atom stereocenters. The van der Waals surface area contributed by atoms with Gasteiger partial charge in [0.15, 0.2) is 0 Å². The summed E-state index contributed by atoms with van der Waals surface area (Å²) in [7, 11) is 10.7. The van der Waals surface area contributed by atoms with Crippen molar-refractivity contribution < 1.29 is 0 Å². The Morgan fingerprint density at radius 2 is 1.40 bits per heavy atom. The van der Waals surface area contributed by atoms with Crippen molar-refractivity contribution in [3.8, 4) is 0 Å². The van der Waals surface area contributed by atoms with E-state index in [9.17, 15) is 0 Å². The zero-order valence-electron chi connectivity index (χ0n) is 11.9. The van der Waals surface area contributed by atoms with E-state index in [4.69, 9.17) is 30.2 Å². The SMILES string of the molecule is CN(C)C(=S)SSC(=S)N(C)C.Nc1ccccc1S. The molecule has 0 aliphatic heterocycles. The second-order valence-corrected chi connectivity index (χ2v) is 7.92. The molecule has 0 fully saturated rings. The quantitative estimate of drug-likeness (QED) is 0.314. The van der Waals surface area contributed by atoms with Crippen LogP contribution >= 0.6 is 58.7 Å². The van der Waals surface area contributed by atoms with E-state index >= 15 is 0 Å². The lowest BCUT2D eigenvalue weighted by Crippen LogP contribution is -2.18. The molecule has 0 bridgehead atoms. The van der Waals surface area contributed by atoms with Crippen molar-refractivity contribution in [2.45, 2.75) is 4.90 Å². The zero-order valence-corrected chi connectivity index (χ0v) is 16.0. The molecule has 8 heteroatoms. The summed E-state index contributed by atoms with van der Waals surface area (Å²) in [5.41, 5.74) is 6.18. The fourth-order valence-corrected chi connectivity index (χ4v) is 3.24. The normalized spacial score (nSPS) is 9.25. The molecule has 0 saturated carbocycles. The Labute approximate surface area is 145 Å². The van der Waals surface area contributed by atoms with Crippen molar-refractivity contribution >= 4 is 73.0 Å². The summed E-state index contributed by atoms with van der Waals surface area (Å²) in [5, 5.41) is 0. The van der Waals surface area contributed by atoms with Gasteiger partial charge in [-0.3, -0.25) is 0 Å². The van der Waals surface area contributed by atoms with Gasteiger partial charge in [-0.1, -0.05) is 36.6 Å². The minimum absolute atomic E-state index is 0.732. The van der Waals surface area contributed by atoms with Gasteiger partial charge in [0.2, 0.25) is 0 Å². The molecular formula is C12H19N3S5. The van der Waals surface area contributed by atoms with Crippen LogP contribution in [0, 0.1) is 0 Å². The minimum atomic E-state index is 0.732. The summed E-state index contributed by atoms with van der Waals surface area (Å²) in [5.74, 6) is 0. The highest BCUT2D eigenvalue weighted by molar-refractivity contribution is 8.89. The van der Waals surface area contributed by atoms with E-state index in [2.05, 4.69) is 12.6 Å². The molecule has 0 saturated heterocycles. The molecule has 3 nitrogen and oxygen atoms in total. The van der Waals surface area contributed by atoms with Crippen LogP contribution in [0.25, 0.3) is 0 Å². The van der Waals surface area contributed by atoms with Gasteiger partial charge in [0.05, 0.1) is 0 Å². The average Bonchev–Trinajstić information content (AvgIpc) is 2.39. The van der Waals surface area contributed by atoms with Crippen LogP contribution in [0.2, 0.25) is 0 Å². The summed E-state index contributed by atoms with van der Waals surface area (Å²) in [6, 6.07) is 7.47. The number of thiocarbonyl (C=S) groups is 2. The van der Waals surface area contributed by atoms with Gasteiger partial charge in [0.25, 0.3) is 0 Å². The first-order chi connectivity index (χ1) is 9.25. The number of nitrogens with zero attached hydrogens (tertiary/aromatic N) is 2. The Bertz CT molecular complexity index is 407. The second kappa shape index (κ2) is 10.6. The molecule has 0 amide bonds. The Morgan fingerprint density at radius 3 is 1.65 bits per heavy atom. The van der Waals surface area contributed by atoms with Gasteiger partial charge in [-0.05, 0) is 33.7 Å². The molecule has 20 heavy (non-hydrogen) atoms. The lowest BCUT2D eigenvalue weighted by Gasteiger charge is -2.15. The number of nitrogens with two attached hydrogens (primary N) is 1. The largest absolute Gasteiger partial charge is 0.398 e. The standard InChI is InChI=1S/C6H12N2S4.C6H7NS/c1-7(2)5(9)11-12-6(10)8(3)4;7-5-3-1-2-4-6(5)8/h1-4H3;1-4,8H,7H2. The Hall–Kier alpha value is -0.150. The van der Waals surface area contributed by atoms with Gasteiger partial charge in [-0.25, -0.2) is 0 Å². The average molecular weight is 366 g/mol. The fraction of sp³-hybridized carbons (Fsp3) is 0.333. The summed E-state index contributed by atoms with van der Waals surface area (Å²) in [4.78, 5) is 4.63. The summed E-state index contributed by atoms with van der Waals surface area (Å²) in [6.45, 7) is 0. The molecule has 0 aromatic heterocycles. The van der Waals surface area contributed by atoms with E-state index in [0.29, 0.717) is 0 Å². The van der Waals surface area contributed by atoms with Crippen molar-refractivity contribution in [3.05, 3.63) is 24.3 Å². The van der Waals surface area contributed by atoms with Crippen LogP contribution in [0.4, 0.5) is 5.69 Å². The Morgan fingerprint density at radius 1 is 1.00 bits per heavy atom. The highest BCUT2D eigenvalue weighted by atomic mass is 33.1. The molecule has 1 aromatic carbocycles. The van der Waals surface area contributed by atoms with Gasteiger partial charge in [-0.2, -0.15) is 0 Å². The zero-order chi connectivity index (χ0) is 15.7. The number of nitrogen functional groups attached to an aromatic ring is 1. The number of rotatable bonds is 0. The van der Waals surface area contributed by atoms with Crippen molar-refractivity contribution in [1.29, 1.82) is 0 Å². The lowest BCUT2D eigenvalue weighted by molar-refractivity contribution is 0.647. The van der Waals surface area contributed by atoms with Crippen LogP contribution in [-0.4, -0.2) is 46.6 Å².